The van der Waals surface area contributed by atoms with Gasteiger partial charge in [-0.2, -0.15) is 0 Å². The van der Waals surface area contributed by atoms with Gasteiger partial charge in [-0.3, -0.25) is 9.29 Å². The smallest absolute Gasteiger partial charge is 0.393 e. The number of nitrogens with zero attached hydrogens (tertiary/aromatic N) is 4. The second-order valence-corrected chi connectivity index (χ2v) is 10.2. The number of pyridine rings is 1. The van der Waals surface area contributed by atoms with E-state index in [0.717, 1.165) is 11.8 Å². The molecule has 186 valence electrons. The zero-order valence-corrected chi connectivity index (χ0v) is 19.9. The minimum absolute atomic E-state index is 0.288. The molecule has 0 aliphatic carbocycles. The van der Waals surface area contributed by atoms with E-state index >= 15 is 0 Å². The zero-order chi connectivity index (χ0) is 24.8. The van der Waals surface area contributed by atoms with E-state index in [1.54, 1.807) is 18.2 Å². The summed E-state index contributed by atoms with van der Waals surface area (Å²) >= 11 is 0. The Hall–Kier alpha value is -3.93. The summed E-state index contributed by atoms with van der Waals surface area (Å²) in [5.74, 6) is 1.10. The maximum absolute atomic E-state index is 12.3. The maximum atomic E-state index is 12.3. The largest absolute Gasteiger partial charge is 0.493 e. The van der Waals surface area contributed by atoms with E-state index in [2.05, 4.69) is 10.1 Å². The molecule has 12 heteroatoms. The van der Waals surface area contributed by atoms with Gasteiger partial charge in [0.05, 0.1) is 24.3 Å². The summed E-state index contributed by atoms with van der Waals surface area (Å²) in [5, 5.41) is 21.9. The van der Waals surface area contributed by atoms with Crippen molar-refractivity contribution in [1.29, 1.82) is 0 Å². The van der Waals surface area contributed by atoms with Gasteiger partial charge in [0, 0.05) is 37.4 Å². The van der Waals surface area contributed by atoms with Crippen molar-refractivity contribution < 1.29 is 33.8 Å². The van der Waals surface area contributed by atoms with Gasteiger partial charge in [0.2, 0.25) is 0 Å². The number of fused-ring (bicyclic) bond motifs is 1. The molecule has 35 heavy (non-hydrogen) atoms. The molecule has 0 bridgehead atoms. The van der Waals surface area contributed by atoms with Gasteiger partial charge >= 0.3 is 10.6 Å². The van der Waals surface area contributed by atoms with E-state index in [-0.39, 0.29) is 6.54 Å². The van der Waals surface area contributed by atoms with Crippen molar-refractivity contribution in [3.63, 3.8) is 0 Å². The number of benzene rings is 1. The Bertz CT molecular complexity index is 1200. The van der Waals surface area contributed by atoms with Gasteiger partial charge in [0.1, 0.15) is 16.1 Å². The van der Waals surface area contributed by atoms with Crippen LogP contribution in [0.5, 0.6) is 11.6 Å². The molecule has 0 spiro atoms. The first-order valence-corrected chi connectivity index (χ1v) is 12.6. The van der Waals surface area contributed by atoms with E-state index in [1.807, 2.05) is 19.1 Å². The maximum Gasteiger partial charge on any atom is 0.393 e. The van der Waals surface area contributed by atoms with Crippen LogP contribution in [0.2, 0.25) is 0 Å². The van der Waals surface area contributed by atoms with Crippen molar-refractivity contribution >= 4 is 37.7 Å². The van der Waals surface area contributed by atoms with Crippen LogP contribution in [0, 0.1) is 0 Å². The lowest BCUT2D eigenvalue weighted by molar-refractivity contribution is 0.213. The van der Waals surface area contributed by atoms with Crippen LogP contribution in [-0.2, 0) is 0 Å². The van der Waals surface area contributed by atoms with E-state index in [4.69, 9.17) is 14.0 Å². The van der Waals surface area contributed by atoms with Crippen molar-refractivity contribution in [2.75, 3.05) is 24.1 Å². The second kappa shape index (κ2) is 10.6. The van der Waals surface area contributed by atoms with Crippen LogP contribution in [0.4, 0.5) is 15.3 Å². The molecule has 0 saturated carbocycles. The Morgan fingerprint density at radius 1 is 1.03 bits per heavy atom. The highest BCUT2D eigenvalue weighted by Crippen LogP contribution is 2.61. The fraction of sp³-hybridized carbons (Fsp3) is 0.304. The van der Waals surface area contributed by atoms with E-state index < -0.39 is 21.0 Å². The van der Waals surface area contributed by atoms with Gasteiger partial charge < -0.3 is 28.5 Å². The molecule has 4 rings (SSSR count). The first-order chi connectivity index (χ1) is 17.0. The molecule has 0 radical (unpaired) electrons. The normalized spacial score (nSPS) is 15.3. The molecule has 1 aliphatic heterocycles. The highest BCUT2D eigenvalue weighted by atomic mass is 32.3. The fourth-order valence-electron chi connectivity index (χ4n) is 3.77. The summed E-state index contributed by atoms with van der Waals surface area (Å²) in [6.45, 7) is 3.11. The Balaban J connectivity index is 1.31. The first kappa shape index (κ1) is 24.2. The molecule has 3 aromatic rings. The predicted molar refractivity (Wildman–Crippen MR) is 131 cm³/mol. The minimum Gasteiger partial charge on any atom is -0.493 e. The number of hydrogen-bond donors (Lipinski definition) is 2. The topological polar surface area (TPSA) is 138 Å². The quantitative estimate of drug-likeness (QED) is 0.342. The summed E-state index contributed by atoms with van der Waals surface area (Å²) in [4.78, 5) is 28.4. The highest BCUT2D eigenvalue weighted by molar-refractivity contribution is 8.54. The monoisotopic (exact) mass is 502 g/mol. The number of hydrogen-bond acceptors (Lipinski definition) is 9. The lowest BCUT2D eigenvalue weighted by Crippen LogP contribution is -2.39. The van der Waals surface area contributed by atoms with Crippen LogP contribution in [-0.4, -0.2) is 55.0 Å². The Morgan fingerprint density at radius 2 is 1.80 bits per heavy atom. The molecule has 0 fully saturated rings. The number of unbranched alkanes of at least 4 members (excludes halogenated alkanes) is 2. The van der Waals surface area contributed by atoms with Gasteiger partial charge in [-0.05, 0) is 55.6 Å². The van der Waals surface area contributed by atoms with Crippen LogP contribution in [0.1, 0.15) is 26.2 Å². The van der Waals surface area contributed by atoms with Crippen LogP contribution < -0.4 is 13.8 Å². The molecular formula is C23H26N4O7S. The van der Waals surface area contributed by atoms with Gasteiger partial charge in [0.25, 0.3) is 5.88 Å². The molecule has 2 aromatic heterocycles. The van der Waals surface area contributed by atoms with Gasteiger partial charge in [-0.1, -0.05) is 0 Å². The summed E-state index contributed by atoms with van der Waals surface area (Å²) in [6.07, 6.45) is 8.09. The second-order valence-electron chi connectivity index (χ2n) is 7.54. The van der Waals surface area contributed by atoms with Crippen molar-refractivity contribution in [3.8, 4) is 11.6 Å². The Labute approximate surface area is 203 Å². The molecule has 11 nitrogen and oxygen atoms in total. The lowest BCUT2D eigenvalue weighted by atomic mass is 10.2. The third-order valence-electron chi connectivity index (χ3n) is 5.38. The van der Waals surface area contributed by atoms with E-state index in [9.17, 15) is 19.8 Å². The summed E-state index contributed by atoms with van der Waals surface area (Å²) < 4.78 is 19.2. The van der Waals surface area contributed by atoms with Gasteiger partial charge in [-0.25, -0.2) is 9.59 Å². The average Bonchev–Trinajstić information content (AvgIpc) is 3.44. The zero-order valence-electron chi connectivity index (χ0n) is 19.1. The average molecular weight is 503 g/mol. The molecule has 3 heterocycles. The summed E-state index contributed by atoms with van der Waals surface area (Å²) in [5.41, 5.74) is 1.04. The number of ether oxygens (including phenoxy) is 2. The van der Waals surface area contributed by atoms with Crippen molar-refractivity contribution in [1.82, 2.24) is 14.4 Å². The van der Waals surface area contributed by atoms with Crippen molar-refractivity contribution in [3.05, 3.63) is 55.1 Å². The highest BCUT2D eigenvalue weighted by Gasteiger charge is 2.53. The molecule has 2 N–H and O–H groups in total. The minimum atomic E-state index is -3.38. The molecule has 1 aliphatic rings. The van der Waals surface area contributed by atoms with Crippen molar-refractivity contribution in [2.24, 2.45) is 0 Å². The van der Waals surface area contributed by atoms with Crippen molar-refractivity contribution in [2.45, 2.75) is 26.2 Å². The van der Waals surface area contributed by atoms with E-state index in [1.165, 1.54) is 33.4 Å². The molecule has 0 saturated heterocycles. The van der Waals surface area contributed by atoms with E-state index in [0.29, 0.717) is 49.0 Å². The number of carboxylic acid groups (broad SMARTS) is 2. The molecule has 0 unspecified atom stereocenters. The van der Waals surface area contributed by atoms with Crippen LogP contribution in [0.25, 0.3) is 11.0 Å². The third kappa shape index (κ3) is 4.69. The molecule has 0 amide bonds. The molecule has 0 atom stereocenters. The number of aromatic nitrogens is 2. The fourth-order valence-corrected chi connectivity index (χ4v) is 6.16. The summed E-state index contributed by atoms with van der Waals surface area (Å²) in [6, 6.07) is 8.59. The third-order valence-corrected chi connectivity index (χ3v) is 8.24. The van der Waals surface area contributed by atoms with Gasteiger partial charge in [-0.15, -0.1) is 0 Å². The Morgan fingerprint density at radius 3 is 2.51 bits per heavy atom. The summed E-state index contributed by atoms with van der Waals surface area (Å²) in [7, 11) is -3.38. The molecule has 1 aromatic carbocycles. The van der Waals surface area contributed by atoms with Crippen LogP contribution in [0.15, 0.2) is 59.6 Å². The Kier molecular flexibility index (Phi) is 7.30. The SMILES string of the molecule is CCOc1noc2cc(OCCCCCN3C=CN(c4ccncc4)S3(C(=O)O)C(=O)O)ccc12. The van der Waals surface area contributed by atoms with Crippen LogP contribution in [0.3, 0.4) is 0 Å². The van der Waals surface area contributed by atoms with Crippen LogP contribution >= 0.6 is 10.4 Å². The first-order valence-electron chi connectivity index (χ1n) is 11.1. The number of anilines is 1. The van der Waals surface area contributed by atoms with Gasteiger partial charge in [0.15, 0.2) is 5.58 Å². The molecular weight excluding hydrogens is 476 g/mol. The standard InChI is InChI=1S/C23H26N4O7S/c1-2-32-21-19-7-6-18(16-20(19)34-25-21)33-15-5-3-4-12-26-13-14-27(17-8-10-24-11-9-17)35(26,22(28)29)23(30)31/h6-11,13-14,16H,2-5,12,15H2,1H3,(H,28,29)(H,30,31). The predicted octanol–water partition coefficient (Wildman–Crippen LogP) is 5.45. The lowest BCUT2D eigenvalue weighted by Gasteiger charge is -2.42. The number of carbonyl (C=O) groups is 2. The number of rotatable bonds is 10.